The highest BCUT2D eigenvalue weighted by atomic mass is 16.5. The summed E-state index contributed by atoms with van der Waals surface area (Å²) in [6.45, 7) is 8.46. The van der Waals surface area contributed by atoms with Crippen LogP contribution < -0.4 is 4.90 Å². The molecule has 1 aromatic heterocycles. The molecule has 0 spiro atoms. The van der Waals surface area contributed by atoms with Gasteiger partial charge >= 0.3 is 5.97 Å². The molecule has 106 valence electrons. The number of carbonyl (C=O) groups is 1. The molecule has 1 aliphatic rings. The van der Waals surface area contributed by atoms with Crippen molar-refractivity contribution in [2.24, 2.45) is 5.41 Å². The molecule has 0 unspecified atom stereocenters. The Labute approximate surface area is 113 Å². The summed E-state index contributed by atoms with van der Waals surface area (Å²) in [5, 5.41) is 0. The number of esters is 1. The zero-order chi connectivity index (χ0) is 13.9. The van der Waals surface area contributed by atoms with Crippen molar-refractivity contribution < 1.29 is 13.9 Å². The summed E-state index contributed by atoms with van der Waals surface area (Å²) in [7, 11) is 0. The molecule has 1 saturated heterocycles. The fourth-order valence-corrected chi connectivity index (χ4v) is 2.63. The normalized spacial score (nSPS) is 17.7. The number of anilines is 1. The summed E-state index contributed by atoms with van der Waals surface area (Å²) < 4.78 is 10.3. The van der Waals surface area contributed by atoms with E-state index in [2.05, 4.69) is 23.7 Å². The third-order valence-electron chi connectivity index (χ3n) is 4.19. The second-order valence-electron chi connectivity index (χ2n) is 5.11. The van der Waals surface area contributed by atoms with E-state index in [0.29, 0.717) is 18.0 Å². The maximum atomic E-state index is 11.5. The van der Waals surface area contributed by atoms with Gasteiger partial charge < -0.3 is 14.1 Å². The van der Waals surface area contributed by atoms with Crippen molar-refractivity contribution in [1.29, 1.82) is 0 Å². The molecule has 0 atom stereocenters. The molecule has 1 aromatic rings. The minimum absolute atomic E-state index is 0.252. The van der Waals surface area contributed by atoms with Crippen LogP contribution in [0.4, 0.5) is 6.01 Å². The topological polar surface area (TPSA) is 55.6 Å². The summed E-state index contributed by atoms with van der Waals surface area (Å²) in [5.74, 6) is -0.422. The van der Waals surface area contributed by atoms with E-state index in [1.54, 1.807) is 6.92 Å². The standard InChI is InChI=1S/C14H22N2O3/c1-4-14(5-2)7-8-16(10-14)13-15-11(9-19-13)12(17)18-6-3/h9H,4-8,10H2,1-3H3. The zero-order valence-electron chi connectivity index (χ0n) is 11.9. The predicted octanol–water partition coefficient (Wildman–Crippen LogP) is 2.87. The van der Waals surface area contributed by atoms with Crippen molar-refractivity contribution in [2.45, 2.75) is 40.0 Å². The van der Waals surface area contributed by atoms with Crippen molar-refractivity contribution in [3.8, 4) is 0 Å². The van der Waals surface area contributed by atoms with Gasteiger partial charge in [-0.2, -0.15) is 4.98 Å². The smallest absolute Gasteiger partial charge is 0.360 e. The van der Waals surface area contributed by atoms with Crippen molar-refractivity contribution in [3.05, 3.63) is 12.0 Å². The molecule has 0 N–H and O–H groups in total. The van der Waals surface area contributed by atoms with E-state index >= 15 is 0 Å². The quantitative estimate of drug-likeness (QED) is 0.767. The van der Waals surface area contributed by atoms with Gasteiger partial charge in [-0.25, -0.2) is 4.79 Å². The van der Waals surface area contributed by atoms with Gasteiger partial charge in [0.25, 0.3) is 6.01 Å². The number of hydrogen-bond donors (Lipinski definition) is 0. The van der Waals surface area contributed by atoms with Crippen molar-refractivity contribution in [1.82, 2.24) is 4.98 Å². The molecule has 0 saturated carbocycles. The Morgan fingerprint density at radius 1 is 1.47 bits per heavy atom. The lowest BCUT2D eigenvalue weighted by Crippen LogP contribution is -2.26. The van der Waals surface area contributed by atoms with Gasteiger partial charge in [0.15, 0.2) is 5.69 Å². The first-order chi connectivity index (χ1) is 9.14. The Bertz CT molecular complexity index is 438. The Hall–Kier alpha value is -1.52. The Morgan fingerprint density at radius 3 is 2.79 bits per heavy atom. The van der Waals surface area contributed by atoms with Gasteiger partial charge in [0.05, 0.1) is 6.61 Å². The highest BCUT2D eigenvalue weighted by Crippen LogP contribution is 2.38. The van der Waals surface area contributed by atoms with Crippen LogP contribution in [-0.2, 0) is 4.74 Å². The van der Waals surface area contributed by atoms with Gasteiger partial charge in [-0.05, 0) is 31.6 Å². The number of oxazole rings is 1. The maximum Gasteiger partial charge on any atom is 0.360 e. The van der Waals surface area contributed by atoms with Gasteiger partial charge in [-0.3, -0.25) is 0 Å². The number of ether oxygens (including phenoxy) is 1. The van der Waals surface area contributed by atoms with Gasteiger partial charge in [-0.1, -0.05) is 13.8 Å². The van der Waals surface area contributed by atoms with E-state index in [1.165, 1.54) is 6.26 Å². The fraction of sp³-hybridized carbons (Fsp3) is 0.714. The molecule has 5 nitrogen and oxygen atoms in total. The van der Waals surface area contributed by atoms with Crippen molar-refractivity contribution in [2.75, 3.05) is 24.6 Å². The number of hydrogen-bond acceptors (Lipinski definition) is 5. The SMILES string of the molecule is CCOC(=O)c1coc(N2CCC(CC)(CC)C2)n1. The van der Waals surface area contributed by atoms with Crippen LogP contribution in [0.15, 0.2) is 10.7 Å². The lowest BCUT2D eigenvalue weighted by molar-refractivity contribution is 0.0519. The molecule has 1 aliphatic heterocycles. The van der Waals surface area contributed by atoms with Gasteiger partial charge in [0, 0.05) is 13.1 Å². The average molecular weight is 266 g/mol. The molecule has 2 heterocycles. The van der Waals surface area contributed by atoms with Gasteiger partial charge in [0.1, 0.15) is 6.26 Å². The molecular formula is C14H22N2O3. The van der Waals surface area contributed by atoms with Crippen LogP contribution in [-0.4, -0.2) is 30.6 Å². The van der Waals surface area contributed by atoms with Crippen LogP contribution in [0, 0.1) is 5.41 Å². The third kappa shape index (κ3) is 2.74. The molecule has 2 rings (SSSR count). The van der Waals surface area contributed by atoms with Crippen LogP contribution in [0.25, 0.3) is 0 Å². The highest BCUT2D eigenvalue weighted by Gasteiger charge is 2.36. The first-order valence-electron chi connectivity index (χ1n) is 7.01. The van der Waals surface area contributed by atoms with E-state index in [1.807, 2.05) is 0 Å². The van der Waals surface area contributed by atoms with E-state index in [0.717, 1.165) is 32.4 Å². The minimum atomic E-state index is -0.422. The summed E-state index contributed by atoms with van der Waals surface area (Å²) in [4.78, 5) is 17.9. The zero-order valence-corrected chi connectivity index (χ0v) is 11.9. The summed E-state index contributed by atoms with van der Waals surface area (Å²) in [6.07, 6.45) is 4.85. The number of aromatic nitrogens is 1. The van der Waals surface area contributed by atoms with E-state index in [9.17, 15) is 4.79 Å². The Morgan fingerprint density at radius 2 is 2.21 bits per heavy atom. The lowest BCUT2D eigenvalue weighted by Gasteiger charge is -2.25. The Kier molecular flexibility index (Phi) is 4.12. The molecule has 0 radical (unpaired) electrons. The summed E-state index contributed by atoms with van der Waals surface area (Å²) in [6, 6.07) is 0.534. The molecule has 0 aliphatic carbocycles. The minimum Gasteiger partial charge on any atom is -0.461 e. The van der Waals surface area contributed by atoms with E-state index < -0.39 is 5.97 Å². The molecule has 19 heavy (non-hydrogen) atoms. The second-order valence-corrected chi connectivity index (χ2v) is 5.11. The number of nitrogens with zero attached hydrogens (tertiary/aromatic N) is 2. The summed E-state index contributed by atoms with van der Waals surface area (Å²) >= 11 is 0. The monoisotopic (exact) mass is 266 g/mol. The van der Waals surface area contributed by atoms with Crippen LogP contribution >= 0.6 is 0 Å². The first-order valence-corrected chi connectivity index (χ1v) is 7.01. The molecule has 5 heteroatoms. The first kappa shape index (κ1) is 13.9. The number of rotatable bonds is 5. The summed E-state index contributed by atoms with van der Waals surface area (Å²) in [5.41, 5.74) is 0.612. The fourth-order valence-electron chi connectivity index (χ4n) is 2.63. The third-order valence-corrected chi connectivity index (χ3v) is 4.19. The average Bonchev–Trinajstić information content (AvgIpc) is 3.06. The van der Waals surface area contributed by atoms with Crippen LogP contribution in [0.5, 0.6) is 0 Å². The maximum absolute atomic E-state index is 11.5. The highest BCUT2D eigenvalue weighted by molar-refractivity contribution is 5.87. The van der Waals surface area contributed by atoms with E-state index in [-0.39, 0.29) is 5.69 Å². The van der Waals surface area contributed by atoms with Crippen molar-refractivity contribution in [3.63, 3.8) is 0 Å². The van der Waals surface area contributed by atoms with Crippen LogP contribution in [0.3, 0.4) is 0 Å². The second kappa shape index (κ2) is 5.63. The lowest BCUT2D eigenvalue weighted by atomic mass is 9.82. The predicted molar refractivity (Wildman–Crippen MR) is 72.3 cm³/mol. The molecular weight excluding hydrogens is 244 g/mol. The molecule has 0 amide bonds. The van der Waals surface area contributed by atoms with Crippen LogP contribution in [0.1, 0.15) is 50.5 Å². The molecule has 1 fully saturated rings. The molecule has 0 aromatic carbocycles. The van der Waals surface area contributed by atoms with Crippen molar-refractivity contribution >= 4 is 12.0 Å². The molecule has 0 bridgehead atoms. The van der Waals surface area contributed by atoms with Gasteiger partial charge in [0.2, 0.25) is 0 Å². The number of carbonyl (C=O) groups excluding carboxylic acids is 1. The van der Waals surface area contributed by atoms with E-state index in [4.69, 9.17) is 9.15 Å². The van der Waals surface area contributed by atoms with Crippen LogP contribution in [0.2, 0.25) is 0 Å². The Balaban J connectivity index is 2.06. The van der Waals surface area contributed by atoms with Gasteiger partial charge in [-0.15, -0.1) is 0 Å². The largest absolute Gasteiger partial charge is 0.461 e.